The Morgan fingerprint density at radius 1 is 1.33 bits per heavy atom. The van der Waals surface area contributed by atoms with Crippen molar-refractivity contribution >= 4 is 23.2 Å². The SMILES string of the molecule is COCCCNC(=O)CCNC(=O)c1ccsc1. The number of rotatable bonds is 8. The maximum Gasteiger partial charge on any atom is 0.252 e. The van der Waals surface area contributed by atoms with Crippen molar-refractivity contribution in [1.29, 1.82) is 0 Å². The first kappa shape index (κ1) is 14.7. The van der Waals surface area contributed by atoms with Gasteiger partial charge in [0.2, 0.25) is 5.91 Å². The van der Waals surface area contributed by atoms with Gasteiger partial charge in [0, 0.05) is 44.2 Å². The molecule has 5 nitrogen and oxygen atoms in total. The molecule has 1 heterocycles. The van der Waals surface area contributed by atoms with Crippen LogP contribution in [-0.4, -0.2) is 38.6 Å². The lowest BCUT2D eigenvalue weighted by atomic mass is 10.3. The molecule has 1 rings (SSSR count). The number of methoxy groups -OCH3 is 1. The first-order chi connectivity index (χ1) is 8.74. The smallest absolute Gasteiger partial charge is 0.252 e. The molecule has 0 bridgehead atoms. The van der Waals surface area contributed by atoms with Crippen LogP contribution in [0, 0.1) is 0 Å². The van der Waals surface area contributed by atoms with E-state index in [2.05, 4.69) is 10.6 Å². The van der Waals surface area contributed by atoms with E-state index in [9.17, 15) is 9.59 Å². The monoisotopic (exact) mass is 270 g/mol. The highest BCUT2D eigenvalue weighted by Gasteiger charge is 2.06. The molecule has 0 aliphatic heterocycles. The van der Waals surface area contributed by atoms with Crippen molar-refractivity contribution in [2.24, 2.45) is 0 Å². The van der Waals surface area contributed by atoms with E-state index in [1.165, 1.54) is 11.3 Å². The second-order valence-corrected chi connectivity index (χ2v) is 4.49. The van der Waals surface area contributed by atoms with E-state index < -0.39 is 0 Å². The fraction of sp³-hybridized carbons (Fsp3) is 0.500. The molecule has 1 aromatic rings. The minimum absolute atomic E-state index is 0.0586. The van der Waals surface area contributed by atoms with Crippen LogP contribution in [0.1, 0.15) is 23.2 Å². The van der Waals surface area contributed by atoms with Crippen molar-refractivity contribution < 1.29 is 14.3 Å². The van der Waals surface area contributed by atoms with Crippen LogP contribution in [0.3, 0.4) is 0 Å². The third kappa shape index (κ3) is 5.79. The van der Waals surface area contributed by atoms with Gasteiger partial charge in [-0.3, -0.25) is 9.59 Å². The molecule has 6 heteroatoms. The summed E-state index contributed by atoms with van der Waals surface area (Å²) >= 11 is 1.47. The van der Waals surface area contributed by atoms with Gasteiger partial charge in [0.05, 0.1) is 0 Å². The molecule has 0 spiro atoms. The molecule has 18 heavy (non-hydrogen) atoms. The number of ether oxygens (including phenoxy) is 1. The first-order valence-corrected chi connectivity index (χ1v) is 6.74. The van der Waals surface area contributed by atoms with Crippen LogP contribution >= 0.6 is 11.3 Å². The molecule has 0 unspecified atom stereocenters. The quantitative estimate of drug-likeness (QED) is 0.693. The predicted octanol–water partition coefficient (Wildman–Crippen LogP) is 1.02. The predicted molar refractivity (Wildman–Crippen MR) is 70.8 cm³/mol. The van der Waals surface area contributed by atoms with Crippen molar-refractivity contribution in [3.8, 4) is 0 Å². The van der Waals surface area contributed by atoms with Crippen LogP contribution < -0.4 is 10.6 Å². The molecule has 0 fully saturated rings. The Kier molecular flexibility index (Phi) is 7.05. The Morgan fingerprint density at radius 2 is 2.17 bits per heavy atom. The summed E-state index contributed by atoms with van der Waals surface area (Å²) in [6.45, 7) is 1.59. The molecule has 0 radical (unpaired) electrons. The number of thiophene rings is 1. The van der Waals surface area contributed by atoms with E-state index in [1.807, 2.05) is 5.38 Å². The summed E-state index contributed by atoms with van der Waals surface area (Å²) in [5.74, 6) is -0.194. The van der Waals surface area contributed by atoms with Gasteiger partial charge in [-0.05, 0) is 17.9 Å². The molecule has 2 N–H and O–H groups in total. The Morgan fingerprint density at radius 3 is 2.83 bits per heavy atom. The maximum absolute atomic E-state index is 11.5. The molecule has 0 saturated carbocycles. The summed E-state index contributed by atoms with van der Waals surface area (Å²) in [5.41, 5.74) is 0.639. The van der Waals surface area contributed by atoms with Crippen LogP contribution in [0.5, 0.6) is 0 Å². The highest BCUT2D eigenvalue weighted by atomic mass is 32.1. The van der Waals surface area contributed by atoms with Gasteiger partial charge in [0.25, 0.3) is 5.91 Å². The van der Waals surface area contributed by atoms with Gasteiger partial charge in [-0.2, -0.15) is 11.3 Å². The molecule has 0 aromatic carbocycles. The Bertz CT molecular complexity index is 365. The van der Waals surface area contributed by atoms with E-state index in [-0.39, 0.29) is 11.8 Å². The highest BCUT2D eigenvalue weighted by Crippen LogP contribution is 2.04. The van der Waals surface area contributed by atoms with Crippen molar-refractivity contribution in [3.05, 3.63) is 22.4 Å². The standard InChI is InChI=1S/C12H18N2O3S/c1-17-7-2-5-13-11(15)3-6-14-12(16)10-4-8-18-9-10/h4,8-9H,2-3,5-7H2,1H3,(H,13,15)(H,14,16). The zero-order valence-corrected chi connectivity index (χ0v) is 11.2. The van der Waals surface area contributed by atoms with E-state index >= 15 is 0 Å². The van der Waals surface area contributed by atoms with Crippen LogP contribution in [-0.2, 0) is 9.53 Å². The number of hydrogen-bond acceptors (Lipinski definition) is 4. The number of carbonyl (C=O) groups excluding carboxylic acids is 2. The lowest BCUT2D eigenvalue weighted by Gasteiger charge is -2.05. The van der Waals surface area contributed by atoms with Gasteiger partial charge >= 0.3 is 0 Å². The zero-order valence-electron chi connectivity index (χ0n) is 10.4. The largest absolute Gasteiger partial charge is 0.385 e. The van der Waals surface area contributed by atoms with Gasteiger partial charge in [-0.25, -0.2) is 0 Å². The van der Waals surface area contributed by atoms with Crippen molar-refractivity contribution in [2.75, 3.05) is 26.8 Å². The van der Waals surface area contributed by atoms with Crippen LogP contribution in [0.15, 0.2) is 16.8 Å². The van der Waals surface area contributed by atoms with Gasteiger partial charge in [0.1, 0.15) is 0 Å². The van der Waals surface area contributed by atoms with Crippen molar-refractivity contribution in [2.45, 2.75) is 12.8 Å². The Hall–Kier alpha value is -1.40. The Labute approximate surface area is 111 Å². The number of amides is 2. The third-order valence-corrected chi connectivity index (χ3v) is 2.95. The summed E-state index contributed by atoms with van der Waals surface area (Å²) < 4.78 is 4.87. The molecule has 0 saturated heterocycles. The van der Waals surface area contributed by atoms with Gasteiger partial charge in [-0.15, -0.1) is 0 Å². The fourth-order valence-electron chi connectivity index (χ4n) is 1.32. The fourth-order valence-corrected chi connectivity index (χ4v) is 1.95. The topological polar surface area (TPSA) is 67.4 Å². The second kappa shape index (κ2) is 8.66. The second-order valence-electron chi connectivity index (χ2n) is 3.71. The van der Waals surface area contributed by atoms with E-state index in [0.29, 0.717) is 31.7 Å². The minimum Gasteiger partial charge on any atom is -0.385 e. The molecule has 0 aliphatic rings. The molecular formula is C12H18N2O3S. The maximum atomic E-state index is 11.5. The summed E-state index contributed by atoms with van der Waals surface area (Å²) in [6, 6.07) is 1.75. The molecule has 100 valence electrons. The molecule has 2 amide bonds. The lowest BCUT2D eigenvalue weighted by Crippen LogP contribution is -2.31. The Balaban J connectivity index is 2.07. The summed E-state index contributed by atoms with van der Waals surface area (Å²) in [6.07, 6.45) is 1.09. The van der Waals surface area contributed by atoms with Gasteiger partial charge < -0.3 is 15.4 Å². The molecular weight excluding hydrogens is 252 g/mol. The summed E-state index contributed by atoms with van der Waals surface area (Å²) in [7, 11) is 1.63. The molecule has 0 atom stereocenters. The van der Waals surface area contributed by atoms with Crippen LogP contribution in [0.4, 0.5) is 0 Å². The zero-order chi connectivity index (χ0) is 13.2. The van der Waals surface area contributed by atoms with Crippen LogP contribution in [0.25, 0.3) is 0 Å². The van der Waals surface area contributed by atoms with Crippen molar-refractivity contribution in [1.82, 2.24) is 10.6 Å². The van der Waals surface area contributed by atoms with Gasteiger partial charge in [-0.1, -0.05) is 0 Å². The summed E-state index contributed by atoms with van der Waals surface area (Å²) in [5, 5.41) is 9.08. The van der Waals surface area contributed by atoms with E-state index in [1.54, 1.807) is 18.6 Å². The highest BCUT2D eigenvalue weighted by molar-refractivity contribution is 7.08. The minimum atomic E-state index is -0.136. The number of hydrogen-bond donors (Lipinski definition) is 2. The van der Waals surface area contributed by atoms with Gasteiger partial charge in [0.15, 0.2) is 0 Å². The molecule has 1 aromatic heterocycles. The van der Waals surface area contributed by atoms with Crippen LogP contribution in [0.2, 0.25) is 0 Å². The lowest BCUT2D eigenvalue weighted by molar-refractivity contribution is -0.120. The number of carbonyl (C=O) groups is 2. The summed E-state index contributed by atoms with van der Waals surface area (Å²) in [4.78, 5) is 22.9. The number of nitrogens with one attached hydrogen (secondary N) is 2. The first-order valence-electron chi connectivity index (χ1n) is 5.80. The van der Waals surface area contributed by atoms with E-state index in [4.69, 9.17) is 4.74 Å². The van der Waals surface area contributed by atoms with Crippen molar-refractivity contribution in [3.63, 3.8) is 0 Å². The third-order valence-electron chi connectivity index (χ3n) is 2.27. The normalized spacial score (nSPS) is 10.1. The van der Waals surface area contributed by atoms with E-state index in [0.717, 1.165) is 6.42 Å². The average molecular weight is 270 g/mol. The molecule has 0 aliphatic carbocycles. The average Bonchev–Trinajstić information content (AvgIpc) is 2.88.